The van der Waals surface area contributed by atoms with Crippen molar-refractivity contribution in [1.29, 1.82) is 0 Å². The summed E-state index contributed by atoms with van der Waals surface area (Å²) in [6, 6.07) is 14.3. The maximum Gasteiger partial charge on any atom is 0.573 e. The van der Waals surface area contributed by atoms with Crippen molar-refractivity contribution >= 4 is 5.82 Å². The van der Waals surface area contributed by atoms with E-state index in [1.807, 2.05) is 19.1 Å². The quantitative estimate of drug-likeness (QED) is 0.287. The van der Waals surface area contributed by atoms with Crippen molar-refractivity contribution in [1.82, 2.24) is 14.5 Å². The normalized spacial score (nSPS) is 20.1. The molecule has 1 saturated heterocycles. The van der Waals surface area contributed by atoms with Gasteiger partial charge in [0.05, 0.1) is 6.54 Å². The Hall–Kier alpha value is -3.80. The third-order valence-electron chi connectivity index (χ3n) is 6.80. The molecule has 0 radical (unpaired) electrons. The molecule has 202 valence electrons. The Labute approximate surface area is 216 Å². The number of nitro groups is 1. The summed E-state index contributed by atoms with van der Waals surface area (Å²) in [5, 5.41) is 10.9. The van der Waals surface area contributed by atoms with Gasteiger partial charge >= 0.3 is 18.2 Å². The lowest BCUT2D eigenvalue weighted by Gasteiger charge is -2.32. The van der Waals surface area contributed by atoms with Crippen LogP contribution >= 0.6 is 0 Å². The van der Waals surface area contributed by atoms with E-state index in [9.17, 15) is 23.3 Å². The highest BCUT2D eigenvalue weighted by Gasteiger charge is 2.41. The zero-order chi connectivity index (χ0) is 26.9. The maximum atomic E-state index is 12.3. The van der Waals surface area contributed by atoms with Crippen LogP contribution in [0, 0.1) is 10.1 Å². The first-order valence-electron chi connectivity index (χ1n) is 12.3. The SMILES string of the molecule is C[C@@]1(COc2ccc(C3CCN(Cc4ccc(OC(F)(F)F)cc4)CC3)cc2)Cn2cc([N+](=O)[O-])nc2O1. The lowest BCUT2D eigenvalue weighted by molar-refractivity contribution is -0.389. The molecule has 9 nitrogen and oxygen atoms in total. The van der Waals surface area contributed by atoms with E-state index in [0.717, 1.165) is 31.5 Å². The van der Waals surface area contributed by atoms with Crippen molar-refractivity contribution in [3.05, 3.63) is 76.0 Å². The standard InChI is InChI=1S/C26H27F3N4O5/c1-25(16-32-15-23(33(34)35)30-24(32)38-25)17-36-21-8-4-19(5-9-21)20-10-12-31(13-11-20)14-18-2-6-22(7-3-18)37-26(27,28)29/h2-9,15,20H,10-14,16-17H2,1H3/t25-/m0/s1. The fourth-order valence-corrected chi connectivity index (χ4v) is 4.91. The van der Waals surface area contributed by atoms with Crippen LogP contribution in [0.15, 0.2) is 54.7 Å². The van der Waals surface area contributed by atoms with Crippen LogP contribution in [0.3, 0.4) is 0 Å². The molecule has 2 aliphatic heterocycles. The summed E-state index contributed by atoms with van der Waals surface area (Å²) in [5.41, 5.74) is 1.51. The first kappa shape index (κ1) is 25.8. The molecule has 1 fully saturated rings. The number of fused-ring (bicyclic) bond motifs is 1. The first-order valence-corrected chi connectivity index (χ1v) is 12.3. The fraction of sp³-hybridized carbons (Fsp3) is 0.423. The molecule has 12 heteroatoms. The molecule has 0 spiro atoms. The van der Waals surface area contributed by atoms with Gasteiger partial charge in [-0.3, -0.25) is 9.47 Å². The van der Waals surface area contributed by atoms with Crippen LogP contribution in [0.4, 0.5) is 19.0 Å². The molecular formula is C26H27F3N4O5. The molecule has 3 heterocycles. The molecule has 0 aliphatic carbocycles. The summed E-state index contributed by atoms with van der Waals surface area (Å²) >= 11 is 0. The number of benzene rings is 2. The molecule has 5 rings (SSSR count). The number of piperidine rings is 1. The smallest absolute Gasteiger partial charge is 0.489 e. The fourth-order valence-electron chi connectivity index (χ4n) is 4.91. The molecule has 0 bridgehead atoms. The lowest BCUT2D eigenvalue weighted by Crippen LogP contribution is -2.38. The maximum absolute atomic E-state index is 12.3. The molecule has 3 aromatic rings. The second-order valence-corrected chi connectivity index (χ2v) is 9.92. The Morgan fingerprint density at radius 2 is 1.76 bits per heavy atom. The molecule has 1 atom stereocenters. The Morgan fingerprint density at radius 1 is 1.11 bits per heavy atom. The Kier molecular flexibility index (Phi) is 6.91. The number of imidazole rings is 1. The van der Waals surface area contributed by atoms with Crippen LogP contribution < -0.4 is 14.2 Å². The second-order valence-electron chi connectivity index (χ2n) is 9.92. The van der Waals surface area contributed by atoms with E-state index in [1.165, 1.54) is 23.9 Å². The molecule has 0 saturated carbocycles. The third-order valence-corrected chi connectivity index (χ3v) is 6.80. The number of hydrogen-bond acceptors (Lipinski definition) is 7. The van der Waals surface area contributed by atoms with Gasteiger partial charge in [-0.1, -0.05) is 24.3 Å². The number of likely N-dealkylation sites (tertiary alicyclic amines) is 1. The van der Waals surface area contributed by atoms with Gasteiger partial charge in [0.2, 0.25) is 0 Å². The van der Waals surface area contributed by atoms with Crippen molar-refractivity contribution in [2.24, 2.45) is 0 Å². The highest BCUT2D eigenvalue weighted by atomic mass is 19.4. The van der Waals surface area contributed by atoms with Crippen LogP contribution in [0.1, 0.15) is 36.8 Å². The van der Waals surface area contributed by atoms with Gasteiger partial charge in [0.15, 0.2) is 5.60 Å². The Morgan fingerprint density at radius 3 is 2.37 bits per heavy atom. The number of halogens is 3. The van der Waals surface area contributed by atoms with E-state index < -0.39 is 16.9 Å². The van der Waals surface area contributed by atoms with Gasteiger partial charge in [-0.2, -0.15) is 0 Å². The van der Waals surface area contributed by atoms with Gasteiger partial charge < -0.3 is 24.3 Å². The average molecular weight is 533 g/mol. The first-order chi connectivity index (χ1) is 18.1. The van der Waals surface area contributed by atoms with Gasteiger partial charge in [-0.05, 0) is 79.1 Å². The summed E-state index contributed by atoms with van der Waals surface area (Å²) in [6.45, 7) is 5.02. The summed E-state index contributed by atoms with van der Waals surface area (Å²) in [4.78, 5) is 16.5. The van der Waals surface area contributed by atoms with Crippen LogP contribution in [-0.4, -0.2) is 51.0 Å². The van der Waals surface area contributed by atoms with Gasteiger partial charge in [0.1, 0.15) is 24.3 Å². The summed E-state index contributed by atoms with van der Waals surface area (Å²) in [6.07, 6.45) is -1.35. The van der Waals surface area contributed by atoms with Gasteiger partial charge in [0.25, 0.3) is 0 Å². The van der Waals surface area contributed by atoms with Crippen LogP contribution in [-0.2, 0) is 13.1 Å². The van der Waals surface area contributed by atoms with Crippen molar-refractivity contribution in [3.8, 4) is 17.5 Å². The minimum atomic E-state index is -4.69. The minimum absolute atomic E-state index is 0.213. The Balaban J connectivity index is 1.07. The molecule has 0 amide bonds. The van der Waals surface area contributed by atoms with E-state index >= 15 is 0 Å². The van der Waals surface area contributed by atoms with E-state index in [2.05, 4.69) is 26.8 Å². The number of aromatic nitrogens is 2. The lowest BCUT2D eigenvalue weighted by atomic mass is 9.89. The predicted molar refractivity (Wildman–Crippen MR) is 130 cm³/mol. The van der Waals surface area contributed by atoms with Crippen molar-refractivity contribution in [3.63, 3.8) is 0 Å². The summed E-state index contributed by atoms with van der Waals surface area (Å²) in [5.74, 6) is 0.684. The van der Waals surface area contributed by atoms with E-state index in [0.29, 0.717) is 24.8 Å². The van der Waals surface area contributed by atoms with E-state index in [1.54, 1.807) is 16.7 Å². The number of rotatable bonds is 8. The van der Waals surface area contributed by atoms with E-state index in [4.69, 9.17) is 9.47 Å². The molecule has 0 N–H and O–H groups in total. The highest BCUT2D eigenvalue weighted by molar-refractivity contribution is 5.31. The number of ether oxygens (including phenoxy) is 3. The summed E-state index contributed by atoms with van der Waals surface area (Å²) in [7, 11) is 0. The number of hydrogen-bond donors (Lipinski definition) is 0. The molecule has 38 heavy (non-hydrogen) atoms. The average Bonchev–Trinajstić information content (AvgIpc) is 3.40. The zero-order valence-electron chi connectivity index (χ0n) is 20.7. The minimum Gasteiger partial charge on any atom is -0.489 e. The predicted octanol–water partition coefficient (Wildman–Crippen LogP) is 5.30. The molecule has 2 aromatic carbocycles. The largest absolute Gasteiger partial charge is 0.573 e. The Bertz CT molecular complexity index is 1250. The zero-order valence-corrected chi connectivity index (χ0v) is 20.7. The molecule has 1 aromatic heterocycles. The molecular weight excluding hydrogens is 505 g/mol. The number of nitrogens with zero attached hydrogens (tertiary/aromatic N) is 4. The van der Waals surface area contributed by atoms with Crippen molar-refractivity contribution in [2.45, 2.75) is 50.7 Å². The van der Waals surface area contributed by atoms with E-state index in [-0.39, 0.29) is 24.2 Å². The van der Waals surface area contributed by atoms with Crippen LogP contribution in [0.2, 0.25) is 0 Å². The monoisotopic (exact) mass is 532 g/mol. The van der Waals surface area contributed by atoms with Crippen LogP contribution in [0.25, 0.3) is 0 Å². The van der Waals surface area contributed by atoms with Gasteiger partial charge in [-0.15, -0.1) is 13.2 Å². The van der Waals surface area contributed by atoms with Gasteiger partial charge in [0, 0.05) is 11.5 Å². The number of alkyl halides is 3. The molecule has 2 aliphatic rings. The van der Waals surface area contributed by atoms with Crippen molar-refractivity contribution in [2.75, 3.05) is 19.7 Å². The molecule has 0 unspecified atom stereocenters. The van der Waals surface area contributed by atoms with Gasteiger partial charge in [-0.25, -0.2) is 0 Å². The second kappa shape index (κ2) is 10.2. The van der Waals surface area contributed by atoms with Crippen molar-refractivity contribution < 1.29 is 32.3 Å². The third kappa shape index (κ3) is 6.18. The topological polar surface area (TPSA) is 91.9 Å². The summed E-state index contributed by atoms with van der Waals surface area (Å²) < 4.78 is 54.3. The van der Waals surface area contributed by atoms with Crippen LogP contribution in [0.5, 0.6) is 17.5 Å². The highest BCUT2D eigenvalue weighted by Crippen LogP contribution is 2.33.